The zero-order valence-corrected chi connectivity index (χ0v) is 17.2. The van der Waals surface area contributed by atoms with Gasteiger partial charge in [0.1, 0.15) is 0 Å². The average molecular weight is 387 g/mol. The van der Waals surface area contributed by atoms with E-state index in [1.54, 1.807) is 0 Å². The van der Waals surface area contributed by atoms with Crippen molar-refractivity contribution >= 4 is 23.0 Å². The van der Waals surface area contributed by atoms with E-state index in [-0.39, 0.29) is 0 Å². The zero-order chi connectivity index (χ0) is 20.1. The Labute approximate surface area is 170 Å². The summed E-state index contributed by atoms with van der Waals surface area (Å²) in [5.41, 5.74) is 6.86. The number of nitrogens with one attached hydrogen (secondary N) is 1. The molecule has 1 saturated carbocycles. The van der Waals surface area contributed by atoms with Crippen molar-refractivity contribution in [2.24, 2.45) is 16.8 Å². The molecule has 6 heteroatoms. The van der Waals surface area contributed by atoms with E-state index in [4.69, 9.17) is 0 Å². The third-order valence-electron chi connectivity index (χ3n) is 6.06. The van der Waals surface area contributed by atoms with Crippen LogP contribution in [-0.2, 0) is 0 Å². The molecule has 1 unspecified atom stereocenters. The van der Waals surface area contributed by atoms with Gasteiger partial charge in [-0.05, 0) is 43.7 Å². The van der Waals surface area contributed by atoms with Gasteiger partial charge in [0.15, 0.2) is 5.82 Å². The highest BCUT2D eigenvalue weighted by atomic mass is 15.3. The van der Waals surface area contributed by atoms with Crippen molar-refractivity contribution in [1.29, 1.82) is 0 Å². The van der Waals surface area contributed by atoms with Gasteiger partial charge in [-0.25, -0.2) is 19.5 Å². The molecule has 0 saturated heterocycles. The maximum absolute atomic E-state index is 4.66. The standard InChI is InChI=1S/C23H26N6/c1-13(2)21-15(4)27-22-19(21)9-17(11-24-22)18-5-6-29-20(18)12-26-23(28-29)25-10-16-7-14(3)8-16/h5-6,9,11-13,16,21H,3,7-8,10H2,1-2,4H3,(H,25,28). The Hall–Kier alpha value is -3.02. The van der Waals surface area contributed by atoms with Crippen LogP contribution in [0.3, 0.4) is 0 Å². The Morgan fingerprint density at radius 2 is 2.07 bits per heavy atom. The molecule has 5 rings (SSSR count). The fourth-order valence-electron chi connectivity index (χ4n) is 4.61. The van der Waals surface area contributed by atoms with Gasteiger partial charge >= 0.3 is 0 Å². The van der Waals surface area contributed by atoms with Gasteiger partial charge in [-0.2, -0.15) is 0 Å². The molecule has 1 aliphatic carbocycles. The number of hydrogen-bond donors (Lipinski definition) is 1. The van der Waals surface area contributed by atoms with Crippen LogP contribution in [0.15, 0.2) is 47.9 Å². The third kappa shape index (κ3) is 3.12. The van der Waals surface area contributed by atoms with Crippen LogP contribution >= 0.6 is 0 Å². The number of nitrogens with zero attached hydrogens (tertiary/aromatic N) is 5. The third-order valence-corrected chi connectivity index (χ3v) is 6.06. The van der Waals surface area contributed by atoms with E-state index < -0.39 is 0 Å². The van der Waals surface area contributed by atoms with E-state index >= 15 is 0 Å². The van der Waals surface area contributed by atoms with Gasteiger partial charge in [-0.3, -0.25) is 0 Å². The van der Waals surface area contributed by atoms with Gasteiger partial charge in [0.05, 0.1) is 11.7 Å². The first-order valence-corrected chi connectivity index (χ1v) is 10.3. The summed E-state index contributed by atoms with van der Waals surface area (Å²) < 4.78 is 1.89. The summed E-state index contributed by atoms with van der Waals surface area (Å²) in [5.74, 6) is 3.00. The highest BCUT2D eigenvalue weighted by Crippen LogP contribution is 2.40. The number of rotatable bonds is 5. The summed E-state index contributed by atoms with van der Waals surface area (Å²) in [6, 6.07) is 4.32. The first kappa shape index (κ1) is 18.0. The average Bonchev–Trinajstić information content (AvgIpc) is 3.23. The molecule has 1 aliphatic heterocycles. The first-order valence-electron chi connectivity index (χ1n) is 10.3. The van der Waals surface area contributed by atoms with E-state index in [9.17, 15) is 0 Å². The fraction of sp³-hybridized carbons (Fsp3) is 0.391. The van der Waals surface area contributed by atoms with E-state index in [0.29, 0.717) is 23.7 Å². The van der Waals surface area contributed by atoms with Crippen LogP contribution in [0.1, 0.15) is 45.1 Å². The lowest BCUT2D eigenvalue weighted by Crippen LogP contribution is -2.23. The van der Waals surface area contributed by atoms with Crippen molar-refractivity contribution in [2.75, 3.05) is 11.9 Å². The molecular weight excluding hydrogens is 360 g/mol. The molecule has 1 N–H and O–H groups in total. The van der Waals surface area contributed by atoms with E-state index in [1.807, 2.05) is 23.1 Å². The van der Waals surface area contributed by atoms with Crippen LogP contribution in [0.2, 0.25) is 0 Å². The van der Waals surface area contributed by atoms with Gasteiger partial charge in [0.25, 0.3) is 0 Å². The second-order valence-corrected chi connectivity index (χ2v) is 8.66. The predicted octanol–water partition coefficient (Wildman–Crippen LogP) is 5.02. The van der Waals surface area contributed by atoms with Crippen molar-refractivity contribution in [3.05, 3.63) is 48.4 Å². The fourth-order valence-corrected chi connectivity index (χ4v) is 4.61. The number of aliphatic imine (C=N–C) groups is 1. The molecule has 3 aromatic heterocycles. The Bertz CT molecular complexity index is 1130. The number of fused-ring (bicyclic) bond motifs is 2. The second kappa shape index (κ2) is 6.79. The predicted molar refractivity (Wildman–Crippen MR) is 117 cm³/mol. The molecule has 3 aromatic rings. The maximum atomic E-state index is 4.66. The van der Waals surface area contributed by atoms with Crippen molar-refractivity contribution in [1.82, 2.24) is 19.6 Å². The Kier molecular flexibility index (Phi) is 4.23. The minimum Gasteiger partial charge on any atom is -0.353 e. The van der Waals surface area contributed by atoms with Crippen LogP contribution in [0.5, 0.6) is 0 Å². The molecule has 0 amide bonds. The summed E-state index contributed by atoms with van der Waals surface area (Å²) in [4.78, 5) is 13.8. The summed E-state index contributed by atoms with van der Waals surface area (Å²) in [5, 5.41) is 7.98. The van der Waals surface area contributed by atoms with Crippen molar-refractivity contribution in [3.8, 4) is 11.1 Å². The molecule has 6 nitrogen and oxygen atoms in total. The van der Waals surface area contributed by atoms with Crippen LogP contribution in [0.4, 0.5) is 11.8 Å². The largest absolute Gasteiger partial charge is 0.353 e. The number of pyridine rings is 1. The van der Waals surface area contributed by atoms with Crippen LogP contribution in [0, 0.1) is 11.8 Å². The molecule has 0 radical (unpaired) electrons. The SMILES string of the molecule is C=C1CC(CNc2ncc3c(-c4cnc5c(c4)C(C(C)C)C(C)=N5)ccn3n2)C1. The summed E-state index contributed by atoms with van der Waals surface area (Å²) in [6.07, 6.45) is 7.99. The zero-order valence-electron chi connectivity index (χ0n) is 17.2. The normalized spacial score (nSPS) is 18.8. The first-order chi connectivity index (χ1) is 14.0. The molecule has 4 heterocycles. The second-order valence-electron chi connectivity index (χ2n) is 8.66. The summed E-state index contributed by atoms with van der Waals surface area (Å²) in [7, 11) is 0. The molecule has 29 heavy (non-hydrogen) atoms. The van der Waals surface area contributed by atoms with Gasteiger partial charge in [0, 0.05) is 47.3 Å². The molecule has 0 spiro atoms. The Balaban J connectivity index is 1.42. The lowest BCUT2D eigenvalue weighted by molar-refractivity contribution is 0.441. The molecular formula is C23H26N6. The quantitative estimate of drug-likeness (QED) is 0.626. The molecule has 1 atom stereocenters. The van der Waals surface area contributed by atoms with E-state index in [0.717, 1.165) is 47.6 Å². The van der Waals surface area contributed by atoms with Gasteiger partial charge in [0.2, 0.25) is 5.95 Å². The number of aromatic nitrogens is 4. The minimum absolute atomic E-state index is 0.334. The monoisotopic (exact) mass is 386 g/mol. The van der Waals surface area contributed by atoms with Gasteiger partial charge in [-0.1, -0.05) is 26.0 Å². The Morgan fingerprint density at radius 3 is 2.83 bits per heavy atom. The maximum Gasteiger partial charge on any atom is 0.241 e. The number of allylic oxidation sites excluding steroid dienone is 1. The molecule has 148 valence electrons. The lowest BCUT2D eigenvalue weighted by Gasteiger charge is -2.28. The number of anilines is 1. The van der Waals surface area contributed by atoms with E-state index in [1.165, 1.54) is 11.1 Å². The summed E-state index contributed by atoms with van der Waals surface area (Å²) in [6.45, 7) is 11.5. The molecule has 0 aromatic carbocycles. The molecule has 2 aliphatic rings. The minimum atomic E-state index is 0.334. The Morgan fingerprint density at radius 1 is 1.24 bits per heavy atom. The lowest BCUT2D eigenvalue weighted by atomic mass is 9.81. The molecule has 0 bridgehead atoms. The van der Waals surface area contributed by atoms with Crippen molar-refractivity contribution in [3.63, 3.8) is 0 Å². The van der Waals surface area contributed by atoms with Crippen molar-refractivity contribution < 1.29 is 0 Å². The highest BCUT2D eigenvalue weighted by Gasteiger charge is 2.28. The number of hydrogen-bond acceptors (Lipinski definition) is 5. The van der Waals surface area contributed by atoms with Crippen LogP contribution < -0.4 is 5.32 Å². The van der Waals surface area contributed by atoms with Gasteiger partial charge in [-0.15, -0.1) is 5.10 Å². The van der Waals surface area contributed by atoms with Crippen molar-refractivity contribution in [2.45, 2.75) is 39.5 Å². The summed E-state index contributed by atoms with van der Waals surface area (Å²) >= 11 is 0. The highest BCUT2D eigenvalue weighted by molar-refractivity contribution is 5.96. The van der Waals surface area contributed by atoms with Gasteiger partial charge < -0.3 is 5.32 Å². The van der Waals surface area contributed by atoms with Crippen LogP contribution in [0.25, 0.3) is 16.6 Å². The van der Waals surface area contributed by atoms with E-state index in [2.05, 4.69) is 64.9 Å². The topological polar surface area (TPSA) is 67.5 Å². The van der Waals surface area contributed by atoms with Crippen LogP contribution in [-0.4, -0.2) is 31.8 Å². The smallest absolute Gasteiger partial charge is 0.241 e. The molecule has 1 fully saturated rings.